The van der Waals surface area contributed by atoms with Gasteiger partial charge in [-0.1, -0.05) is 15.9 Å². The molecule has 1 fully saturated rings. The predicted octanol–water partition coefficient (Wildman–Crippen LogP) is 1.55. The zero-order valence-electron chi connectivity index (χ0n) is 10.5. The summed E-state index contributed by atoms with van der Waals surface area (Å²) in [6.45, 7) is -0.153. The maximum Gasteiger partial charge on any atom is 0.240 e. The molecule has 0 unspecified atom stereocenters. The molecule has 0 aliphatic carbocycles. The van der Waals surface area contributed by atoms with Crippen molar-refractivity contribution in [2.24, 2.45) is 5.73 Å². The van der Waals surface area contributed by atoms with Gasteiger partial charge in [0.05, 0.1) is 13.0 Å². The number of amides is 2. The lowest BCUT2D eigenvalue weighted by molar-refractivity contribution is -0.136. The molecule has 1 aliphatic heterocycles. The molecule has 2 N–H and O–H groups in total. The molecule has 0 bridgehead atoms. The van der Waals surface area contributed by atoms with Crippen LogP contribution in [0.15, 0.2) is 22.7 Å². The van der Waals surface area contributed by atoms with Crippen LogP contribution in [0, 0.1) is 5.82 Å². The maximum atomic E-state index is 13.4. The van der Waals surface area contributed by atoms with Crippen molar-refractivity contribution >= 4 is 27.7 Å². The van der Waals surface area contributed by atoms with Crippen LogP contribution in [0.4, 0.5) is 8.78 Å². The largest absolute Gasteiger partial charge is 0.368 e. The number of nitrogens with zero attached hydrogens (tertiary/aromatic N) is 1. The molecule has 0 saturated carbocycles. The van der Waals surface area contributed by atoms with Gasteiger partial charge in [0.2, 0.25) is 11.8 Å². The van der Waals surface area contributed by atoms with E-state index in [1.807, 2.05) is 0 Å². The molecule has 108 valence electrons. The van der Waals surface area contributed by atoms with Gasteiger partial charge in [-0.05, 0) is 23.8 Å². The number of primary amides is 1. The number of likely N-dealkylation sites (tertiary alicyclic amines) is 1. The van der Waals surface area contributed by atoms with E-state index < -0.39 is 29.8 Å². The minimum Gasteiger partial charge on any atom is -0.368 e. The van der Waals surface area contributed by atoms with Crippen LogP contribution in [0.2, 0.25) is 0 Å². The summed E-state index contributed by atoms with van der Waals surface area (Å²) < 4.78 is 27.1. The molecule has 20 heavy (non-hydrogen) atoms. The molecule has 1 aliphatic rings. The zero-order chi connectivity index (χ0) is 14.9. The maximum absolute atomic E-state index is 13.4. The molecule has 2 rings (SSSR count). The van der Waals surface area contributed by atoms with Crippen molar-refractivity contribution in [2.75, 3.05) is 6.54 Å². The number of halogens is 3. The van der Waals surface area contributed by atoms with Gasteiger partial charge in [0.15, 0.2) is 0 Å². The summed E-state index contributed by atoms with van der Waals surface area (Å²) in [4.78, 5) is 24.5. The van der Waals surface area contributed by atoms with Gasteiger partial charge in [-0.25, -0.2) is 8.78 Å². The second-order valence-electron chi connectivity index (χ2n) is 4.71. The summed E-state index contributed by atoms with van der Waals surface area (Å²) in [6.07, 6.45) is -1.45. The van der Waals surface area contributed by atoms with Crippen LogP contribution in [0.3, 0.4) is 0 Å². The number of rotatable bonds is 3. The number of nitrogens with two attached hydrogens (primary N) is 1. The first-order valence-electron chi connectivity index (χ1n) is 6.05. The lowest BCUT2D eigenvalue weighted by Crippen LogP contribution is -2.44. The third-order valence-electron chi connectivity index (χ3n) is 3.25. The monoisotopic (exact) mass is 346 g/mol. The summed E-state index contributed by atoms with van der Waals surface area (Å²) in [5, 5.41) is 0. The second kappa shape index (κ2) is 5.87. The molecule has 2 amide bonds. The number of alkyl halides is 1. The van der Waals surface area contributed by atoms with Gasteiger partial charge in [0, 0.05) is 10.9 Å². The number of hydrogen-bond acceptors (Lipinski definition) is 2. The highest BCUT2D eigenvalue weighted by Gasteiger charge is 2.38. The Morgan fingerprint density at radius 3 is 2.80 bits per heavy atom. The van der Waals surface area contributed by atoms with Crippen molar-refractivity contribution in [1.82, 2.24) is 4.90 Å². The van der Waals surface area contributed by atoms with Crippen LogP contribution in [-0.4, -0.2) is 35.5 Å². The summed E-state index contributed by atoms with van der Waals surface area (Å²) >= 11 is 3.22. The molecule has 0 aromatic heterocycles. The Morgan fingerprint density at radius 2 is 2.15 bits per heavy atom. The van der Waals surface area contributed by atoms with Gasteiger partial charge in [-0.3, -0.25) is 9.59 Å². The molecule has 0 spiro atoms. The van der Waals surface area contributed by atoms with E-state index >= 15 is 0 Å². The van der Waals surface area contributed by atoms with Gasteiger partial charge in [0.25, 0.3) is 0 Å². The van der Waals surface area contributed by atoms with E-state index in [1.165, 1.54) is 18.2 Å². The third kappa shape index (κ3) is 3.15. The molecule has 1 aromatic rings. The highest BCUT2D eigenvalue weighted by molar-refractivity contribution is 9.10. The van der Waals surface area contributed by atoms with Crippen LogP contribution >= 0.6 is 15.9 Å². The average Bonchev–Trinajstić information content (AvgIpc) is 2.76. The highest BCUT2D eigenvalue weighted by Crippen LogP contribution is 2.24. The molecule has 2 atom stereocenters. The van der Waals surface area contributed by atoms with Gasteiger partial charge < -0.3 is 10.6 Å². The van der Waals surface area contributed by atoms with E-state index in [2.05, 4.69) is 15.9 Å². The van der Waals surface area contributed by atoms with E-state index in [0.29, 0.717) is 10.0 Å². The SMILES string of the molecule is NC(=O)[C@@H]1C[C@@H](F)CN1C(=O)Cc1cc(F)ccc1Br. The van der Waals surface area contributed by atoms with Gasteiger partial charge in [-0.15, -0.1) is 0 Å². The first kappa shape index (κ1) is 14.9. The minimum absolute atomic E-state index is 0.0780. The van der Waals surface area contributed by atoms with Crippen LogP contribution in [-0.2, 0) is 16.0 Å². The Morgan fingerprint density at radius 1 is 1.45 bits per heavy atom. The topological polar surface area (TPSA) is 63.4 Å². The Bertz CT molecular complexity index is 553. The highest BCUT2D eigenvalue weighted by atomic mass is 79.9. The molecule has 1 heterocycles. The van der Waals surface area contributed by atoms with E-state index in [-0.39, 0.29) is 19.4 Å². The van der Waals surface area contributed by atoms with Crippen molar-refractivity contribution in [1.29, 1.82) is 0 Å². The fourth-order valence-electron chi connectivity index (χ4n) is 2.27. The summed E-state index contributed by atoms with van der Waals surface area (Å²) in [5.41, 5.74) is 5.61. The molecular weight excluding hydrogens is 334 g/mol. The Labute approximate surface area is 123 Å². The van der Waals surface area contributed by atoms with Crippen LogP contribution in [0.25, 0.3) is 0 Å². The van der Waals surface area contributed by atoms with E-state index in [9.17, 15) is 18.4 Å². The van der Waals surface area contributed by atoms with Crippen LogP contribution in [0.1, 0.15) is 12.0 Å². The predicted molar refractivity (Wildman–Crippen MR) is 72.0 cm³/mol. The van der Waals surface area contributed by atoms with Gasteiger partial charge in [-0.2, -0.15) is 0 Å². The fraction of sp³-hybridized carbons (Fsp3) is 0.385. The van der Waals surface area contributed by atoms with E-state index in [0.717, 1.165) is 4.90 Å². The third-order valence-corrected chi connectivity index (χ3v) is 4.02. The number of benzene rings is 1. The van der Waals surface area contributed by atoms with Crippen molar-refractivity contribution in [3.63, 3.8) is 0 Å². The second-order valence-corrected chi connectivity index (χ2v) is 5.56. The average molecular weight is 347 g/mol. The quantitative estimate of drug-likeness (QED) is 0.902. The van der Waals surface area contributed by atoms with Crippen molar-refractivity contribution in [2.45, 2.75) is 25.1 Å². The minimum atomic E-state index is -1.26. The van der Waals surface area contributed by atoms with Crippen LogP contribution in [0.5, 0.6) is 0 Å². The van der Waals surface area contributed by atoms with Crippen molar-refractivity contribution < 1.29 is 18.4 Å². The fourth-order valence-corrected chi connectivity index (χ4v) is 2.66. The number of carbonyl (C=O) groups excluding carboxylic acids is 2. The molecule has 1 aromatic carbocycles. The zero-order valence-corrected chi connectivity index (χ0v) is 12.1. The summed E-state index contributed by atoms with van der Waals surface area (Å²) in [5.74, 6) is -1.63. The Balaban J connectivity index is 2.15. The van der Waals surface area contributed by atoms with Crippen molar-refractivity contribution in [3.05, 3.63) is 34.1 Å². The Kier molecular flexibility index (Phi) is 4.37. The van der Waals surface area contributed by atoms with Crippen molar-refractivity contribution in [3.8, 4) is 0 Å². The molecule has 7 heteroatoms. The lowest BCUT2D eigenvalue weighted by Gasteiger charge is -2.22. The van der Waals surface area contributed by atoms with Gasteiger partial charge in [0.1, 0.15) is 18.0 Å². The molecule has 0 radical (unpaired) electrons. The normalized spacial score (nSPS) is 22.1. The molecule has 4 nitrogen and oxygen atoms in total. The summed E-state index contributed by atoms with van der Waals surface area (Å²) in [7, 11) is 0. The lowest BCUT2D eigenvalue weighted by atomic mass is 10.1. The first-order chi connectivity index (χ1) is 9.38. The van der Waals surface area contributed by atoms with Crippen LogP contribution < -0.4 is 5.73 Å². The Hall–Kier alpha value is -1.50. The number of hydrogen-bond donors (Lipinski definition) is 1. The first-order valence-corrected chi connectivity index (χ1v) is 6.84. The molecule has 1 saturated heterocycles. The standard InChI is InChI=1S/C13H13BrF2N2O2/c14-10-2-1-8(15)3-7(10)4-12(19)18-6-9(16)5-11(18)13(17)20/h1-3,9,11H,4-6H2,(H2,17,20)/t9-,11+/m1/s1. The summed E-state index contributed by atoms with van der Waals surface area (Å²) in [6, 6.07) is 3.05. The van der Waals surface area contributed by atoms with Gasteiger partial charge >= 0.3 is 0 Å². The number of carbonyl (C=O) groups is 2. The van der Waals surface area contributed by atoms with E-state index in [1.54, 1.807) is 0 Å². The van der Waals surface area contributed by atoms with E-state index in [4.69, 9.17) is 5.73 Å². The molecular formula is C13H13BrF2N2O2. The smallest absolute Gasteiger partial charge is 0.240 e.